The summed E-state index contributed by atoms with van der Waals surface area (Å²) in [4.78, 5) is 27.1. The van der Waals surface area contributed by atoms with Crippen molar-refractivity contribution in [3.8, 4) is 0 Å². The number of ether oxygens (including phenoxy) is 2. The lowest BCUT2D eigenvalue weighted by molar-refractivity contribution is -0.127. The van der Waals surface area contributed by atoms with Gasteiger partial charge in [0.1, 0.15) is 6.23 Å². The van der Waals surface area contributed by atoms with Gasteiger partial charge in [-0.25, -0.2) is 26.3 Å². The van der Waals surface area contributed by atoms with Gasteiger partial charge in [0.2, 0.25) is 31.9 Å². The zero-order chi connectivity index (χ0) is 46.6. The molecule has 0 aromatic heterocycles. The lowest BCUT2D eigenvalue weighted by Crippen LogP contribution is -2.64. The zero-order valence-corrected chi connectivity index (χ0v) is 40.3. The third-order valence-corrected chi connectivity index (χ3v) is 20.6. The van der Waals surface area contributed by atoms with Crippen molar-refractivity contribution >= 4 is 55.1 Å². The highest BCUT2D eigenvalue weighted by Gasteiger charge is 2.53. The monoisotopic (exact) mass is 997 g/mol. The molecule has 2 amide bonds. The first kappa shape index (κ1) is 51.5. The quantitative estimate of drug-likeness (QED) is 0.172. The second kappa shape index (κ2) is 22.6. The molecule has 0 spiro atoms. The molecule has 11 N–H and O–H groups in total. The summed E-state index contributed by atoms with van der Waals surface area (Å²) >= 11 is 13.5. The van der Waals surface area contributed by atoms with Gasteiger partial charge >= 0.3 is 0 Å². The van der Waals surface area contributed by atoms with E-state index >= 15 is 0 Å². The largest absolute Gasteiger partial charge is 0.396 e. The number of primary amides is 2. The molecule has 18 unspecified atom stereocenters. The Labute approximate surface area is 394 Å². The normalized spacial score (nSPS) is 44.7. The van der Waals surface area contributed by atoms with Crippen LogP contribution in [0.1, 0.15) is 96.3 Å². The molecule has 0 radical (unpaired) electrons. The number of amides is 2. The van der Waals surface area contributed by atoms with E-state index in [1.807, 2.05) is 0 Å². The van der Waals surface area contributed by atoms with E-state index in [0.717, 1.165) is 51.4 Å². The van der Waals surface area contributed by atoms with E-state index < -0.39 is 108 Å². The van der Waals surface area contributed by atoms with E-state index in [4.69, 9.17) is 44.1 Å². The summed E-state index contributed by atoms with van der Waals surface area (Å²) in [6.07, 6.45) is 10.7. The fourth-order valence-corrected chi connectivity index (χ4v) is 17.4. The van der Waals surface area contributed by atoms with Gasteiger partial charge < -0.3 is 51.8 Å². The molecule has 0 aromatic carbocycles. The average molecular weight is 999 g/mol. The number of carbonyl (C=O) groups excluding carboxylic acids is 2. The summed E-state index contributed by atoms with van der Waals surface area (Å²) in [5, 5.41) is 34.2. The second-order valence-corrected chi connectivity index (χ2v) is 24.8. The average Bonchev–Trinajstić information content (AvgIpc) is 3.67. The van der Waals surface area contributed by atoms with Crippen molar-refractivity contribution in [2.24, 2.45) is 47.0 Å². The molecule has 4 aliphatic carbocycles. The summed E-state index contributed by atoms with van der Waals surface area (Å²) in [7, 11) is -8.23. The van der Waals surface area contributed by atoms with E-state index in [2.05, 4.69) is 37.3 Å². The number of rotatable bonds is 4. The first-order valence-electron chi connectivity index (χ1n) is 24.0. The number of aliphatic hydroxyl groups is 3. The summed E-state index contributed by atoms with van der Waals surface area (Å²) in [6.45, 7) is 1.50. The molecule has 4 bridgehead atoms. The lowest BCUT2D eigenvalue weighted by atomic mass is 9.72. The number of nitrogens with zero attached hydrogens (tertiary/aromatic N) is 1. The van der Waals surface area contributed by atoms with Crippen molar-refractivity contribution in [2.45, 2.75) is 166 Å². The molecular weight excluding hydrogens is 926 g/mol. The fourth-order valence-electron chi connectivity index (χ4n) is 12.4. The molecule has 0 aromatic rings. The molecule has 3 heterocycles. The Kier molecular flexibility index (Phi) is 17.9. The van der Waals surface area contributed by atoms with Gasteiger partial charge in [-0.15, -0.1) is 23.2 Å². The van der Waals surface area contributed by atoms with Gasteiger partial charge in [0.15, 0.2) is 0 Å². The van der Waals surface area contributed by atoms with Crippen LogP contribution in [0.15, 0.2) is 12.3 Å². The Hall–Kier alpha value is -1.40. The summed E-state index contributed by atoms with van der Waals surface area (Å²) < 4.78 is 76.1. The van der Waals surface area contributed by atoms with Crippen LogP contribution < -0.4 is 31.5 Å². The maximum Gasteiger partial charge on any atom is 0.223 e. The van der Waals surface area contributed by atoms with Crippen LogP contribution in [0, 0.1) is 35.5 Å². The molecule has 65 heavy (non-hydrogen) atoms. The Bertz CT molecular complexity index is 1880. The van der Waals surface area contributed by atoms with Gasteiger partial charge in [0.05, 0.1) is 58.5 Å². The molecule has 22 heteroatoms. The molecular formula is C43H73Cl2N7O11S2. The third kappa shape index (κ3) is 12.1. The van der Waals surface area contributed by atoms with Crippen LogP contribution in [0.4, 0.5) is 0 Å². The molecule has 7 aliphatic rings. The number of nitrogens with one attached hydrogen (secondary N) is 4. The number of fused-ring (bicyclic) bond motifs is 8. The van der Waals surface area contributed by atoms with Crippen LogP contribution in [0.2, 0.25) is 0 Å². The number of hydrogen-bond acceptors (Lipinski definition) is 14. The topological polar surface area (TPSA) is 285 Å². The lowest BCUT2D eigenvalue weighted by Gasteiger charge is -2.46. The number of halogens is 2. The molecule has 2 saturated heterocycles. The minimum absolute atomic E-state index is 0.0588. The van der Waals surface area contributed by atoms with Gasteiger partial charge in [-0.05, 0) is 94.6 Å². The maximum absolute atomic E-state index is 14.5. The Morgan fingerprint density at radius 1 is 0.708 bits per heavy atom. The number of carbonyl (C=O) groups is 2. The van der Waals surface area contributed by atoms with E-state index in [0.29, 0.717) is 51.9 Å². The van der Waals surface area contributed by atoms with Gasteiger partial charge in [-0.3, -0.25) is 9.59 Å². The zero-order valence-electron chi connectivity index (χ0n) is 37.2. The Balaban J connectivity index is 1.13. The number of alkyl halides is 2. The summed E-state index contributed by atoms with van der Waals surface area (Å²) in [6, 6.07) is -2.78. The SMILES string of the molecule is NC(=O)C1CC2C(NCCOC(N3C=CC4C5CCCCCOCCNC6C(Cl)C(O)C(C(N)=O)CC6S(=O)(=O)NC(C5)CC43)CCCCC3CC(CO)CC(C3)NS2(=O)=O)C(Cl)C1O. The van der Waals surface area contributed by atoms with E-state index in [1.165, 1.54) is 0 Å². The van der Waals surface area contributed by atoms with Gasteiger partial charge in [-0.2, -0.15) is 0 Å². The van der Waals surface area contributed by atoms with Gasteiger partial charge in [0.25, 0.3) is 0 Å². The highest BCUT2D eigenvalue weighted by atomic mass is 35.5. The fraction of sp³-hybridized carbons (Fsp3) is 0.907. The van der Waals surface area contributed by atoms with Crippen LogP contribution in [0.5, 0.6) is 0 Å². The highest BCUT2D eigenvalue weighted by molar-refractivity contribution is 7.90. The van der Waals surface area contributed by atoms with Crippen LogP contribution >= 0.6 is 23.2 Å². The minimum atomic E-state index is -4.13. The molecule has 372 valence electrons. The van der Waals surface area contributed by atoms with Crippen LogP contribution in [-0.2, 0) is 39.1 Å². The van der Waals surface area contributed by atoms with Crippen molar-refractivity contribution in [3.63, 3.8) is 0 Å². The van der Waals surface area contributed by atoms with Crippen molar-refractivity contribution in [1.29, 1.82) is 0 Å². The van der Waals surface area contributed by atoms with E-state index in [1.54, 1.807) is 0 Å². The smallest absolute Gasteiger partial charge is 0.223 e. The first-order chi connectivity index (χ1) is 31.0. The first-order valence-corrected chi connectivity index (χ1v) is 27.9. The predicted molar refractivity (Wildman–Crippen MR) is 245 cm³/mol. The second-order valence-electron chi connectivity index (χ2n) is 20.0. The van der Waals surface area contributed by atoms with Gasteiger partial charge in [-0.1, -0.05) is 31.8 Å². The van der Waals surface area contributed by atoms with Crippen LogP contribution in [-0.4, -0.2) is 158 Å². The highest BCUT2D eigenvalue weighted by Crippen LogP contribution is 2.44. The molecule has 18 atom stereocenters. The van der Waals surface area contributed by atoms with Crippen molar-refractivity contribution in [1.82, 2.24) is 25.0 Å². The van der Waals surface area contributed by atoms with E-state index in [9.17, 15) is 41.7 Å². The summed E-state index contributed by atoms with van der Waals surface area (Å²) in [5.41, 5.74) is 11.3. The molecule has 6 fully saturated rings. The maximum atomic E-state index is 14.5. The van der Waals surface area contributed by atoms with Crippen LogP contribution in [0.25, 0.3) is 0 Å². The Morgan fingerprint density at radius 2 is 1.29 bits per heavy atom. The third-order valence-electron chi connectivity index (χ3n) is 15.7. The number of sulfonamides is 2. The van der Waals surface area contributed by atoms with Crippen molar-refractivity contribution in [3.05, 3.63) is 12.3 Å². The minimum Gasteiger partial charge on any atom is -0.396 e. The molecule has 7 rings (SSSR count). The van der Waals surface area contributed by atoms with Crippen molar-refractivity contribution in [2.75, 3.05) is 39.5 Å². The number of hydrogen-bond donors (Lipinski definition) is 9. The van der Waals surface area contributed by atoms with Crippen LogP contribution in [0.3, 0.4) is 0 Å². The van der Waals surface area contributed by atoms with Gasteiger partial charge in [0, 0.05) is 62.4 Å². The summed E-state index contributed by atoms with van der Waals surface area (Å²) in [5.74, 6) is -3.55. The van der Waals surface area contributed by atoms with Crippen molar-refractivity contribution < 1.29 is 51.2 Å². The Morgan fingerprint density at radius 3 is 1.91 bits per heavy atom. The predicted octanol–water partition coefficient (Wildman–Crippen LogP) is 0.303. The standard InChI is InChI=1S/C43H73Cl2N7O11S2/c44-36-38-33(21-30(40(36)54)42(46)56)65(60,61)51-28-19-26(7-2-1-5-13-62-14-10-48-38)29-9-12-52(32(29)20-28)35-8-4-3-6-24-16-25(23-53)18-27(17-24)50-64(58,59)34-22-31(43(47)57)41(55)37(45)39(34)49-11-15-63-35/h9,12,24-41,48-51,53-55H,1-8,10-11,13-23H2,(H2,46,56)(H2,47,57). The van der Waals surface area contributed by atoms with E-state index in [-0.39, 0.29) is 62.3 Å². The molecule has 18 nitrogen and oxygen atoms in total. The number of aliphatic hydroxyl groups excluding tert-OH is 3. The number of nitrogens with two attached hydrogens (primary N) is 2. The molecule has 3 aliphatic heterocycles. The molecule has 4 saturated carbocycles.